The molecular formula is C11H14F2O4. The third-order valence-corrected chi connectivity index (χ3v) is 1.84. The minimum atomic E-state index is -3.92. The SMILES string of the molecule is C=COC(=O)C(F)(F)C(CC)OC(=O)C(=C)C. The summed E-state index contributed by atoms with van der Waals surface area (Å²) in [6, 6.07) is 0. The molecule has 0 aromatic rings. The normalized spacial score (nSPS) is 12.5. The van der Waals surface area contributed by atoms with Crippen molar-refractivity contribution in [3.8, 4) is 0 Å². The van der Waals surface area contributed by atoms with Crippen LogP contribution in [0.15, 0.2) is 25.0 Å². The molecule has 6 heteroatoms. The second-order valence-corrected chi connectivity index (χ2v) is 3.28. The first-order valence-corrected chi connectivity index (χ1v) is 4.83. The Morgan fingerprint density at radius 2 is 2.00 bits per heavy atom. The van der Waals surface area contributed by atoms with Gasteiger partial charge in [-0.2, -0.15) is 8.78 Å². The van der Waals surface area contributed by atoms with Gasteiger partial charge in [0, 0.05) is 5.57 Å². The van der Waals surface area contributed by atoms with Crippen LogP contribution in [0, 0.1) is 0 Å². The van der Waals surface area contributed by atoms with E-state index in [1.807, 2.05) is 0 Å². The summed E-state index contributed by atoms with van der Waals surface area (Å²) in [5.74, 6) is -6.72. The molecule has 1 atom stereocenters. The van der Waals surface area contributed by atoms with Crippen LogP contribution in [-0.2, 0) is 19.1 Å². The van der Waals surface area contributed by atoms with Gasteiger partial charge >= 0.3 is 17.9 Å². The summed E-state index contributed by atoms with van der Waals surface area (Å²) in [4.78, 5) is 22.1. The van der Waals surface area contributed by atoms with Crippen LogP contribution in [0.5, 0.6) is 0 Å². The van der Waals surface area contributed by atoms with E-state index < -0.39 is 24.0 Å². The van der Waals surface area contributed by atoms with Gasteiger partial charge in [-0.05, 0) is 13.3 Å². The molecule has 96 valence electrons. The summed E-state index contributed by atoms with van der Waals surface area (Å²) in [6.45, 7) is 8.91. The lowest BCUT2D eigenvalue weighted by atomic mass is 10.1. The van der Waals surface area contributed by atoms with Gasteiger partial charge < -0.3 is 9.47 Å². The third-order valence-electron chi connectivity index (χ3n) is 1.84. The van der Waals surface area contributed by atoms with Gasteiger partial charge in [0.25, 0.3) is 0 Å². The number of rotatable bonds is 6. The Morgan fingerprint density at radius 3 is 2.35 bits per heavy atom. The highest BCUT2D eigenvalue weighted by Crippen LogP contribution is 2.26. The maximum absolute atomic E-state index is 13.5. The van der Waals surface area contributed by atoms with Crippen molar-refractivity contribution in [3.63, 3.8) is 0 Å². The average molecular weight is 248 g/mol. The molecule has 17 heavy (non-hydrogen) atoms. The van der Waals surface area contributed by atoms with Crippen LogP contribution in [0.4, 0.5) is 8.78 Å². The monoisotopic (exact) mass is 248 g/mol. The zero-order valence-electron chi connectivity index (χ0n) is 9.66. The molecule has 0 aliphatic rings. The van der Waals surface area contributed by atoms with Crippen LogP contribution in [0.1, 0.15) is 20.3 Å². The van der Waals surface area contributed by atoms with Crippen molar-refractivity contribution in [1.82, 2.24) is 0 Å². The molecule has 0 radical (unpaired) electrons. The topological polar surface area (TPSA) is 52.6 Å². The molecule has 0 saturated heterocycles. The van der Waals surface area contributed by atoms with E-state index in [9.17, 15) is 18.4 Å². The van der Waals surface area contributed by atoms with Crippen LogP contribution in [0.2, 0.25) is 0 Å². The highest BCUT2D eigenvalue weighted by molar-refractivity contribution is 5.87. The van der Waals surface area contributed by atoms with E-state index in [0.29, 0.717) is 6.26 Å². The second kappa shape index (κ2) is 6.12. The van der Waals surface area contributed by atoms with Gasteiger partial charge in [-0.3, -0.25) is 0 Å². The molecule has 0 N–H and O–H groups in total. The van der Waals surface area contributed by atoms with E-state index in [-0.39, 0.29) is 12.0 Å². The van der Waals surface area contributed by atoms with Gasteiger partial charge in [0.2, 0.25) is 0 Å². The van der Waals surface area contributed by atoms with Crippen molar-refractivity contribution in [3.05, 3.63) is 25.0 Å². The molecule has 1 unspecified atom stereocenters. The Hall–Kier alpha value is -1.72. The van der Waals surface area contributed by atoms with Crippen LogP contribution in [0.3, 0.4) is 0 Å². The summed E-state index contributed by atoms with van der Waals surface area (Å²) in [6.07, 6.45) is -1.54. The zero-order chi connectivity index (χ0) is 13.6. The van der Waals surface area contributed by atoms with Crippen molar-refractivity contribution in [2.24, 2.45) is 0 Å². The highest BCUT2D eigenvalue weighted by Gasteiger charge is 2.50. The van der Waals surface area contributed by atoms with Crippen LogP contribution >= 0.6 is 0 Å². The fraction of sp³-hybridized carbons (Fsp3) is 0.455. The fourth-order valence-electron chi connectivity index (χ4n) is 0.929. The van der Waals surface area contributed by atoms with Crippen LogP contribution in [-0.4, -0.2) is 24.0 Å². The van der Waals surface area contributed by atoms with Crippen molar-refractivity contribution in [2.45, 2.75) is 32.3 Å². The predicted molar refractivity (Wildman–Crippen MR) is 56.2 cm³/mol. The number of carbonyl (C=O) groups excluding carboxylic acids is 2. The summed E-state index contributed by atoms with van der Waals surface area (Å²) >= 11 is 0. The second-order valence-electron chi connectivity index (χ2n) is 3.28. The van der Waals surface area contributed by atoms with E-state index in [1.54, 1.807) is 0 Å². The van der Waals surface area contributed by atoms with E-state index >= 15 is 0 Å². The van der Waals surface area contributed by atoms with Crippen molar-refractivity contribution < 1.29 is 27.8 Å². The molecule has 4 nitrogen and oxygen atoms in total. The number of hydrogen-bond donors (Lipinski definition) is 0. The minimum absolute atomic E-state index is 0.0312. The molecule has 0 aromatic heterocycles. The number of carbonyl (C=O) groups is 2. The number of esters is 2. The molecule has 0 aromatic carbocycles. The first-order chi connectivity index (χ1) is 7.77. The molecule has 0 aliphatic carbocycles. The summed E-state index contributed by atoms with van der Waals surface area (Å²) in [5, 5.41) is 0. The standard InChI is InChI=1S/C11H14F2O4/c1-5-8(17-9(14)7(3)4)11(12,13)10(15)16-6-2/h6,8H,2-3,5H2,1,4H3. The van der Waals surface area contributed by atoms with Gasteiger partial charge in [-0.15, -0.1) is 0 Å². The van der Waals surface area contributed by atoms with Crippen LogP contribution in [0.25, 0.3) is 0 Å². The predicted octanol–water partition coefficient (Wildman–Crippen LogP) is 2.21. The zero-order valence-corrected chi connectivity index (χ0v) is 9.66. The lowest BCUT2D eigenvalue weighted by molar-refractivity contribution is -0.192. The molecule has 0 saturated carbocycles. The first-order valence-electron chi connectivity index (χ1n) is 4.83. The molecule has 0 rings (SSSR count). The van der Waals surface area contributed by atoms with Gasteiger partial charge in [0.05, 0.1) is 6.26 Å². The van der Waals surface area contributed by atoms with E-state index in [0.717, 1.165) is 0 Å². The molecule has 0 bridgehead atoms. The number of ether oxygens (including phenoxy) is 2. The van der Waals surface area contributed by atoms with Gasteiger partial charge in [-0.25, -0.2) is 9.59 Å². The number of hydrogen-bond acceptors (Lipinski definition) is 4. The maximum Gasteiger partial charge on any atom is 0.385 e. The van der Waals surface area contributed by atoms with Gasteiger partial charge in [-0.1, -0.05) is 20.1 Å². The van der Waals surface area contributed by atoms with E-state index in [4.69, 9.17) is 0 Å². The molecule has 0 aliphatic heterocycles. The number of alkyl halides is 2. The highest BCUT2D eigenvalue weighted by atomic mass is 19.3. The summed E-state index contributed by atoms with van der Waals surface area (Å²) < 4.78 is 35.4. The molecule has 0 amide bonds. The van der Waals surface area contributed by atoms with Crippen molar-refractivity contribution >= 4 is 11.9 Å². The molecule has 0 fully saturated rings. The average Bonchev–Trinajstić information content (AvgIpc) is 2.25. The lowest BCUT2D eigenvalue weighted by Gasteiger charge is -2.23. The Kier molecular flexibility index (Phi) is 5.50. The van der Waals surface area contributed by atoms with Gasteiger partial charge in [0.1, 0.15) is 0 Å². The minimum Gasteiger partial charge on any atom is -0.452 e. The maximum atomic E-state index is 13.5. The molecule has 0 heterocycles. The van der Waals surface area contributed by atoms with Gasteiger partial charge in [0.15, 0.2) is 6.10 Å². The fourth-order valence-corrected chi connectivity index (χ4v) is 0.929. The largest absolute Gasteiger partial charge is 0.452 e. The quantitative estimate of drug-likeness (QED) is 0.411. The lowest BCUT2D eigenvalue weighted by Crippen LogP contribution is -2.44. The Morgan fingerprint density at radius 1 is 1.47 bits per heavy atom. The van der Waals surface area contributed by atoms with Crippen molar-refractivity contribution in [2.75, 3.05) is 0 Å². The van der Waals surface area contributed by atoms with E-state index in [2.05, 4.69) is 22.6 Å². The third kappa shape index (κ3) is 3.97. The summed E-state index contributed by atoms with van der Waals surface area (Å²) in [5.41, 5.74) is -0.0312. The van der Waals surface area contributed by atoms with E-state index in [1.165, 1.54) is 13.8 Å². The smallest absolute Gasteiger partial charge is 0.385 e. The Labute approximate surface area is 97.9 Å². The molecular weight excluding hydrogens is 234 g/mol. The number of halogens is 2. The Balaban J connectivity index is 4.85. The van der Waals surface area contributed by atoms with Crippen LogP contribution < -0.4 is 0 Å². The molecule has 0 spiro atoms. The summed E-state index contributed by atoms with van der Waals surface area (Å²) in [7, 11) is 0. The first kappa shape index (κ1) is 15.3. The van der Waals surface area contributed by atoms with Crippen molar-refractivity contribution in [1.29, 1.82) is 0 Å². The Bertz CT molecular complexity index is 336.